The summed E-state index contributed by atoms with van der Waals surface area (Å²) in [7, 11) is 0. The van der Waals surface area contributed by atoms with Gasteiger partial charge in [-0.25, -0.2) is 13.8 Å². The Hall–Kier alpha value is -4.55. The first-order valence-electron chi connectivity index (χ1n) is 13.7. The number of nitrogens with zero attached hydrogens (tertiary/aromatic N) is 6. The molecule has 6 rings (SSSR count). The fourth-order valence-electron chi connectivity index (χ4n) is 5.42. The Balaban J connectivity index is 1.65. The average molecular weight is 603 g/mol. The molecule has 0 radical (unpaired) electrons. The number of halogens is 2. The fourth-order valence-corrected chi connectivity index (χ4v) is 6.37. The second-order valence-electron chi connectivity index (χ2n) is 10.4. The summed E-state index contributed by atoms with van der Waals surface area (Å²) in [5, 5.41) is 25.5. The molecule has 43 heavy (non-hydrogen) atoms. The van der Waals surface area contributed by atoms with Gasteiger partial charge in [0.1, 0.15) is 35.4 Å². The van der Waals surface area contributed by atoms with Gasteiger partial charge in [0.15, 0.2) is 0 Å². The Morgan fingerprint density at radius 1 is 1.23 bits per heavy atom. The first-order chi connectivity index (χ1) is 20.7. The standard InChI is InChI=1S/C31H28F2N6O3S/c1-5-26(41)38-7-8-39-24(18(38)4)13-23(37-39)30-28(27-22(33)11-20(32)12-25(27)42-15-17(3)40)31-21(6-9-43-31)29(35-30)19-10-16(2)36-34-14-19/h5-6,9-14,17-18,40H,1,7-8,15H2,2-4H3/t17-,18+/m1/s1. The largest absolute Gasteiger partial charge is 0.490 e. The van der Waals surface area contributed by atoms with Crippen LogP contribution in [0.5, 0.6) is 5.75 Å². The van der Waals surface area contributed by atoms with E-state index in [1.54, 1.807) is 11.1 Å². The van der Waals surface area contributed by atoms with E-state index in [-0.39, 0.29) is 29.9 Å². The van der Waals surface area contributed by atoms with Crippen LogP contribution in [0.25, 0.3) is 43.9 Å². The zero-order valence-corrected chi connectivity index (χ0v) is 24.5. The predicted molar refractivity (Wildman–Crippen MR) is 159 cm³/mol. The molecular weight excluding hydrogens is 574 g/mol. The van der Waals surface area contributed by atoms with Crippen molar-refractivity contribution in [2.45, 2.75) is 39.5 Å². The molecule has 0 aliphatic carbocycles. The van der Waals surface area contributed by atoms with Crippen molar-refractivity contribution in [2.75, 3.05) is 13.2 Å². The summed E-state index contributed by atoms with van der Waals surface area (Å²) >= 11 is 1.38. The summed E-state index contributed by atoms with van der Waals surface area (Å²) in [6.07, 6.45) is 2.03. The van der Waals surface area contributed by atoms with Crippen LogP contribution in [0.4, 0.5) is 8.78 Å². The second kappa shape index (κ2) is 11.3. The van der Waals surface area contributed by atoms with Gasteiger partial charge in [-0.3, -0.25) is 9.48 Å². The zero-order valence-electron chi connectivity index (χ0n) is 23.7. The molecule has 0 spiro atoms. The summed E-state index contributed by atoms with van der Waals surface area (Å²) in [6, 6.07) is 7.21. The lowest BCUT2D eigenvalue weighted by molar-refractivity contribution is -0.129. The van der Waals surface area contributed by atoms with Gasteiger partial charge in [0.2, 0.25) is 5.91 Å². The molecular formula is C31H28F2N6O3S. The van der Waals surface area contributed by atoms with Crippen molar-refractivity contribution < 1.29 is 23.4 Å². The number of hydrogen-bond donors (Lipinski definition) is 1. The van der Waals surface area contributed by atoms with Crippen LogP contribution in [-0.2, 0) is 11.3 Å². The number of hydrogen-bond acceptors (Lipinski definition) is 8. The molecule has 0 unspecified atom stereocenters. The van der Waals surface area contributed by atoms with Gasteiger partial charge < -0.3 is 14.7 Å². The van der Waals surface area contributed by atoms with Crippen molar-refractivity contribution >= 4 is 27.3 Å². The van der Waals surface area contributed by atoms with E-state index >= 15 is 4.39 Å². The summed E-state index contributed by atoms with van der Waals surface area (Å²) in [5.41, 5.74) is 3.99. The number of fused-ring (bicyclic) bond motifs is 2. The molecule has 1 aliphatic rings. The van der Waals surface area contributed by atoms with Gasteiger partial charge in [0, 0.05) is 39.9 Å². The highest BCUT2D eigenvalue weighted by atomic mass is 32.1. The van der Waals surface area contributed by atoms with Gasteiger partial charge in [-0.05, 0) is 50.4 Å². The number of aliphatic hydroxyl groups excluding tert-OH is 1. The van der Waals surface area contributed by atoms with E-state index in [9.17, 15) is 14.3 Å². The summed E-state index contributed by atoms with van der Waals surface area (Å²) < 4.78 is 38.7. The predicted octanol–water partition coefficient (Wildman–Crippen LogP) is 5.72. The van der Waals surface area contributed by atoms with Crippen molar-refractivity contribution in [2.24, 2.45) is 0 Å². The Kier molecular flexibility index (Phi) is 7.49. The number of amides is 1. The van der Waals surface area contributed by atoms with Crippen LogP contribution in [0.2, 0.25) is 0 Å². The fraction of sp³-hybridized carbons (Fsp3) is 0.258. The van der Waals surface area contributed by atoms with Crippen LogP contribution in [0.3, 0.4) is 0 Å². The molecule has 1 amide bonds. The molecule has 0 saturated heterocycles. The normalized spacial score (nSPS) is 15.4. The summed E-state index contributed by atoms with van der Waals surface area (Å²) in [4.78, 5) is 19.3. The van der Waals surface area contributed by atoms with Crippen LogP contribution >= 0.6 is 11.3 Å². The van der Waals surface area contributed by atoms with Crippen LogP contribution in [-0.4, -0.2) is 60.1 Å². The molecule has 220 valence electrons. The van der Waals surface area contributed by atoms with Gasteiger partial charge in [0.05, 0.1) is 47.5 Å². The van der Waals surface area contributed by atoms with Crippen LogP contribution < -0.4 is 4.74 Å². The Labute approximate surface area is 250 Å². The number of aryl methyl sites for hydroxylation is 1. The topological polar surface area (TPSA) is 106 Å². The molecule has 1 aliphatic heterocycles. The Morgan fingerprint density at radius 2 is 2.05 bits per heavy atom. The second-order valence-corrected chi connectivity index (χ2v) is 11.4. The molecule has 12 heteroatoms. The molecule has 1 N–H and O–H groups in total. The monoisotopic (exact) mass is 602 g/mol. The van der Waals surface area contributed by atoms with Crippen LogP contribution in [0.1, 0.15) is 31.3 Å². The third-order valence-electron chi connectivity index (χ3n) is 7.37. The third-order valence-corrected chi connectivity index (χ3v) is 8.30. The number of aromatic nitrogens is 5. The number of aliphatic hydroxyl groups is 1. The number of rotatable bonds is 7. The highest BCUT2D eigenvalue weighted by Crippen LogP contribution is 2.47. The maximum absolute atomic E-state index is 15.9. The first-order valence-corrected chi connectivity index (χ1v) is 14.6. The van der Waals surface area contributed by atoms with Crippen molar-refractivity contribution in [1.82, 2.24) is 29.9 Å². The van der Waals surface area contributed by atoms with Crippen LogP contribution in [0.15, 0.2) is 54.6 Å². The van der Waals surface area contributed by atoms with Gasteiger partial charge in [-0.1, -0.05) is 6.58 Å². The lowest BCUT2D eigenvalue weighted by Crippen LogP contribution is -2.40. The number of carbonyl (C=O) groups excluding carboxylic acids is 1. The van der Waals surface area contributed by atoms with E-state index in [0.717, 1.165) is 23.2 Å². The smallest absolute Gasteiger partial charge is 0.246 e. The van der Waals surface area contributed by atoms with Gasteiger partial charge in [-0.2, -0.15) is 15.3 Å². The SMILES string of the molecule is C=CC(=O)N1CCn2nc(-c3nc(-c4cnnc(C)c4)c4ccsc4c3-c3c(F)cc(F)cc3OC[C@@H](C)O)cc2[C@@H]1C. The van der Waals surface area contributed by atoms with Crippen molar-refractivity contribution in [1.29, 1.82) is 0 Å². The molecule has 5 heterocycles. The number of benzene rings is 1. The lowest BCUT2D eigenvalue weighted by atomic mass is 9.96. The summed E-state index contributed by atoms with van der Waals surface area (Å²) in [5.74, 6) is -1.90. The quantitative estimate of drug-likeness (QED) is 0.238. The molecule has 4 aromatic heterocycles. The van der Waals surface area contributed by atoms with E-state index in [2.05, 4.69) is 16.8 Å². The third kappa shape index (κ3) is 5.17. The Morgan fingerprint density at radius 3 is 2.79 bits per heavy atom. The zero-order chi connectivity index (χ0) is 30.4. The molecule has 0 saturated carbocycles. The van der Waals surface area contributed by atoms with E-state index in [1.807, 2.05) is 42.1 Å². The van der Waals surface area contributed by atoms with Gasteiger partial charge in [-0.15, -0.1) is 11.3 Å². The maximum atomic E-state index is 15.9. The lowest BCUT2D eigenvalue weighted by Gasteiger charge is -2.33. The van der Waals surface area contributed by atoms with Crippen LogP contribution in [0, 0.1) is 18.6 Å². The van der Waals surface area contributed by atoms with E-state index in [1.165, 1.54) is 24.3 Å². The number of carbonyl (C=O) groups is 1. The number of ether oxygens (including phenoxy) is 1. The van der Waals surface area contributed by atoms with Gasteiger partial charge >= 0.3 is 0 Å². The molecule has 9 nitrogen and oxygen atoms in total. The van der Waals surface area contributed by atoms with E-state index < -0.39 is 17.7 Å². The molecule has 0 fully saturated rings. The van der Waals surface area contributed by atoms with Gasteiger partial charge in [0.25, 0.3) is 0 Å². The van der Waals surface area contributed by atoms with E-state index in [4.69, 9.17) is 14.8 Å². The van der Waals surface area contributed by atoms with E-state index in [0.29, 0.717) is 51.7 Å². The average Bonchev–Trinajstić information content (AvgIpc) is 3.63. The highest BCUT2D eigenvalue weighted by Gasteiger charge is 2.31. The first kappa shape index (κ1) is 28.6. The molecule has 2 atom stereocenters. The summed E-state index contributed by atoms with van der Waals surface area (Å²) in [6.45, 7) is 9.61. The minimum Gasteiger partial charge on any atom is -0.490 e. The molecule has 0 bridgehead atoms. The number of pyridine rings is 1. The van der Waals surface area contributed by atoms with Crippen molar-refractivity contribution in [3.8, 4) is 39.5 Å². The van der Waals surface area contributed by atoms with Crippen molar-refractivity contribution in [3.05, 3.63) is 77.6 Å². The van der Waals surface area contributed by atoms with Crippen molar-refractivity contribution in [3.63, 3.8) is 0 Å². The Bertz CT molecular complexity index is 1890. The maximum Gasteiger partial charge on any atom is 0.246 e. The minimum absolute atomic E-state index is 0.00932. The molecule has 5 aromatic rings. The minimum atomic E-state index is -0.870. The highest BCUT2D eigenvalue weighted by molar-refractivity contribution is 7.18. The number of thiophene rings is 1. The molecule has 1 aromatic carbocycles.